The predicted molar refractivity (Wildman–Crippen MR) is 90.5 cm³/mol. The van der Waals surface area contributed by atoms with E-state index in [1.165, 1.54) is 0 Å². The lowest BCUT2D eigenvalue weighted by Crippen LogP contribution is -2.28. The predicted octanol–water partition coefficient (Wildman–Crippen LogP) is 3.49. The fourth-order valence-electron chi connectivity index (χ4n) is 2.05. The molecule has 3 aromatic rings. The van der Waals surface area contributed by atoms with Crippen molar-refractivity contribution in [2.24, 2.45) is 0 Å². The van der Waals surface area contributed by atoms with E-state index in [9.17, 15) is 4.79 Å². The van der Waals surface area contributed by atoms with Gasteiger partial charge in [-0.3, -0.25) is 10.3 Å². The van der Waals surface area contributed by atoms with Gasteiger partial charge in [-0.2, -0.15) is 0 Å². The monoisotopic (exact) mass is 327 g/mol. The van der Waals surface area contributed by atoms with Crippen molar-refractivity contribution in [2.75, 3.05) is 11.9 Å². The van der Waals surface area contributed by atoms with Gasteiger partial charge in [0.05, 0.1) is 11.9 Å². The van der Waals surface area contributed by atoms with Gasteiger partial charge in [0.1, 0.15) is 11.3 Å². The molecule has 0 saturated carbocycles. The topological polar surface area (TPSA) is 79.8 Å². The molecule has 116 valence electrons. The molecule has 0 fully saturated rings. The third-order valence-electron chi connectivity index (χ3n) is 3.13. The average molecular weight is 328 g/mol. The molecule has 2 aromatic heterocycles. The molecule has 6 nitrogen and oxygen atoms in total. The number of rotatable bonds is 3. The van der Waals surface area contributed by atoms with Crippen LogP contribution in [0.15, 0.2) is 42.6 Å². The van der Waals surface area contributed by atoms with Gasteiger partial charge in [0.25, 0.3) is 0 Å². The molecule has 0 spiro atoms. The summed E-state index contributed by atoms with van der Waals surface area (Å²) in [5.41, 5.74) is 2.71. The maximum Gasteiger partial charge on any atom is 0.320 e. The molecule has 7 heteroatoms. The third-order valence-corrected chi connectivity index (χ3v) is 3.38. The first-order chi connectivity index (χ1) is 11.2. The Hall–Kier alpha value is -2.73. The van der Waals surface area contributed by atoms with Crippen LogP contribution in [0.25, 0.3) is 22.4 Å². The lowest BCUT2D eigenvalue weighted by molar-refractivity contribution is 0.252. The number of carbonyl (C=O) groups excluding carboxylic acids is 1. The molecule has 2 amide bonds. The molecule has 0 bridgehead atoms. The first-order valence-electron chi connectivity index (χ1n) is 7.10. The summed E-state index contributed by atoms with van der Waals surface area (Å²) in [7, 11) is 0. The summed E-state index contributed by atoms with van der Waals surface area (Å²) in [4.78, 5) is 24.7. The fourth-order valence-corrected chi connectivity index (χ4v) is 2.17. The SMILES string of the molecule is CCNC(=O)Nc1ccc2ncc(-c3ccc(Cl)cc3)nc2n1. The van der Waals surface area contributed by atoms with Gasteiger partial charge in [-0.25, -0.2) is 14.8 Å². The number of carbonyl (C=O) groups is 1. The van der Waals surface area contributed by atoms with E-state index in [0.29, 0.717) is 34.2 Å². The first-order valence-corrected chi connectivity index (χ1v) is 7.48. The number of hydrogen-bond donors (Lipinski definition) is 2. The Morgan fingerprint density at radius 2 is 1.91 bits per heavy atom. The smallest absolute Gasteiger partial charge is 0.320 e. The van der Waals surface area contributed by atoms with Gasteiger partial charge in [0.15, 0.2) is 5.65 Å². The van der Waals surface area contributed by atoms with E-state index in [-0.39, 0.29) is 6.03 Å². The van der Waals surface area contributed by atoms with Crippen LogP contribution in [0.5, 0.6) is 0 Å². The molecule has 0 atom stereocenters. The second-order valence-corrected chi connectivity index (χ2v) is 5.22. The number of urea groups is 1. The Balaban J connectivity index is 1.94. The molecule has 2 heterocycles. The maximum atomic E-state index is 11.6. The molecule has 2 N–H and O–H groups in total. The van der Waals surface area contributed by atoms with Crippen LogP contribution in [-0.4, -0.2) is 27.5 Å². The summed E-state index contributed by atoms with van der Waals surface area (Å²) >= 11 is 5.89. The quantitative estimate of drug-likeness (QED) is 0.771. The van der Waals surface area contributed by atoms with Crippen LogP contribution in [0, 0.1) is 0 Å². The molecule has 1 aromatic carbocycles. The van der Waals surface area contributed by atoms with E-state index in [2.05, 4.69) is 25.6 Å². The zero-order valence-electron chi connectivity index (χ0n) is 12.4. The van der Waals surface area contributed by atoms with Crippen LogP contribution in [0.4, 0.5) is 10.6 Å². The second kappa shape index (κ2) is 6.58. The van der Waals surface area contributed by atoms with Crippen LogP contribution < -0.4 is 10.6 Å². The molecule has 0 aliphatic rings. The van der Waals surface area contributed by atoms with Crippen molar-refractivity contribution < 1.29 is 4.79 Å². The van der Waals surface area contributed by atoms with Gasteiger partial charge in [-0.1, -0.05) is 23.7 Å². The highest BCUT2D eigenvalue weighted by molar-refractivity contribution is 6.30. The highest BCUT2D eigenvalue weighted by Crippen LogP contribution is 2.21. The van der Waals surface area contributed by atoms with Crippen molar-refractivity contribution in [1.82, 2.24) is 20.3 Å². The number of aromatic nitrogens is 3. The van der Waals surface area contributed by atoms with Gasteiger partial charge in [-0.15, -0.1) is 0 Å². The molecule has 23 heavy (non-hydrogen) atoms. The number of pyridine rings is 1. The maximum absolute atomic E-state index is 11.6. The van der Waals surface area contributed by atoms with Gasteiger partial charge < -0.3 is 5.32 Å². The molecule has 3 rings (SSSR count). The summed E-state index contributed by atoms with van der Waals surface area (Å²) in [6, 6.07) is 10.5. The minimum absolute atomic E-state index is 0.304. The number of halogens is 1. The Morgan fingerprint density at radius 1 is 1.13 bits per heavy atom. The molecule has 0 saturated heterocycles. The molecular weight excluding hydrogens is 314 g/mol. The van der Waals surface area contributed by atoms with E-state index in [1.54, 1.807) is 30.5 Å². The summed E-state index contributed by atoms with van der Waals surface area (Å²) in [5.74, 6) is 0.422. The van der Waals surface area contributed by atoms with Crippen molar-refractivity contribution in [3.8, 4) is 11.3 Å². The normalized spacial score (nSPS) is 10.5. The highest BCUT2D eigenvalue weighted by Gasteiger charge is 2.07. The van der Waals surface area contributed by atoms with E-state index in [4.69, 9.17) is 11.6 Å². The van der Waals surface area contributed by atoms with Crippen molar-refractivity contribution in [2.45, 2.75) is 6.92 Å². The van der Waals surface area contributed by atoms with Gasteiger partial charge in [0.2, 0.25) is 0 Å². The lowest BCUT2D eigenvalue weighted by Gasteiger charge is -2.06. The summed E-state index contributed by atoms with van der Waals surface area (Å²) in [6.45, 7) is 2.39. The summed E-state index contributed by atoms with van der Waals surface area (Å²) in [5, 5.41) is 5.96. The number of benzene rings is 1. The number of hydrogen-bond acceptors (Lipinski definition) is 4. The minimum Gasteiger partial charge on any atom is -0.338 e. The van der Waals surface area contributed by atoms with Crippen molar-refractivity contribution >= 4 is 34.6 Å². The largest absolute Gasteiger partial charge is 0.338 e. The van der Waals surface area contributed by atoms with Crippen LogP contribution in [-0.2, 0) is 0 Å². The Bertz CT molecular complexity index is 851. The van der Waals surface area contributed by atoms with Crippen LogP contribution in [0.1, 0.15) is 6.92 Å². The van der Waals surface area contributed by atoms with Crippen LogP contribution >= 0.6 is 11.6 Å². The number of nitrogens with one attached hydrogen (secondary N) is 2. The fraction of sp³-hybridized carbons (Fsp3) is 0.125. The Labute approximate surface area is 137 Å². The average Bonchev–Trinajstić information content (AvgIpc) is 2.55. The Morgan fingerprint density at radius 3 is 2.65 bits per heavy atom. The number of amides is 2. The van der Waals surface area contributed by atoms with Crippen molar-refractivity contribution in [1.29, 1.82) is 0 Å². The minimum atomic E-state index is -0.304. The van der Waals surface area contributed by atoms with Crippen LogP contribution in [0.2, 0.25) is 5.02 Å². The Kier molecular flexibility index (Phi) is 4.34. The molecule has 0 unspecified atom stereocenters. The third kappa shape index (κ3) is 3.54. The number of nitrogens with zero attached hydrogens (tertiary/aromatic N) is 3. The van der Waals surface area contributed by atoms with Crippen LogP contribution in [0.3, 0.4) is 0 Å². The second-order valence-electron chi connectivity index (χ2n) is 4.79. The molecule has 0 aliphatic heterocycles. The van der Waals surface area contributed by atoms with Crippen molar-refractivity contribution in [3.05, 3.63) is 47.6 Å². The zero-order valence-corrected chi connectivity index (χ0v) is 13.1. The molecule has 0 radical (unpaired) electrons. The van der Waals surface area contributed by atoms with Gasteiger partial charge in [-0.05, 0) is 31.2 Å². The highest BCUT2D eigenvalue weighted by atomic mass is 35.5. The van der Waals surface area contributed by atoms with E-state index >= 15 is 0 Å². The van der Waals surface area contributed by atoms with E-state index in [0.717, 1.165) is 5.56 Å². The summed E-state index contributed by atoms with van der Waals surface area (Å²) in [6.07, 6.45) is 1.68. The van der Waals surface area contributed by atoms with Crippen molar-refractivity contribution in [3.63, 3.8) is 0 Å². The zero-order chi connectivity index (χ0) is 16.2. The standard InChI is InChI=1S/C16H14ClN5O/c1-2-18-16(23)22-14-8-7-12-15(21-14)20-13(9-19-12)10-3-5-11(17)6-4-10/h3-9H,2H2,1H3,(H2,18,20,21,22,23). The number of anilines is 1. The molecular formula is C16H14ClN5O. The number of fused-ring (bicyclic) bond motifs is 1. The first kappa shape index (κ1) is 15.2. The molecule has 0 aliphatic carbocycles. The van der Waals surface area contributed by atoms with Gasteiger partial charge >= 0.3 is 6.03 Å². The van der Waals surface area contributed by atoms with E-state index < -0.39 is 0 Å². The summed E-state index contributed by atoms with van der Waals surface area (Å²) < 4.78 is 0. The van der Waals surface area contributed by atoms with Gasteiger partial charge in [0, 0.05) is 17.1 Å². The van der Waals surface area contributed by atoms with E-state index in [1.807, 2.05) is 19.1 Å². The lowest BCUT2D eigenvalue weighted by atomic mass is 10.1.